The Kier molecular flexibility index (Phi) is 21.1. The van der Waals surface area contributed by atoms with Crippen LogP contribution in [0.15, 0.2) is 59.3 Å². The molecule has 0 aromatic heterocycles. The number of Topliss-reactive ketones (excluding diaryl/α,β-unsaturated/α-hetero) is 1. The molecule has 3 aliphatic carbocycles. The van der Waals surface area contributed by atoms with E-state index in [0.29, 0.717) is 37.7 Å². The molecule has 4 heterocycles. The lowest BCUT2D eigenvalue weighted by atomic mass is 9.65. The number of fused-ring (bicyclic) bond motifs is 2. The maximum atomic E-state index is 15.8. The van der Waals surface area contributed by atoms with Crippen LogP contribution in [0.25, 0.3) is 0 Å². The minimum Gasteiger partial charge on any atom is -0.409 e. The molecular formula is C65H112O12Si3. The zero-order valence-corrected chi connectivity index (χ0v) is 57.2. The van der Waals surface area contributed by atoms with Gasteiger partial charge in [-0.2, -0.15) is 0 Å². The summed E-state index contributed by atoms with van der Waals surface area (Å²) >= 11 is 0. The van der Waals surface area contributed by atoms with Gasteiger partial charge in [0, 0.05) is 45.3 Å². The number of carbonyl (C=O) groups is 1. The summed E-state index contributed by atoms with van der Waals surface area (Å²) in [6.07, 6.45) is 18.1. The van der Waals surface area contributed by atoms with Crippen molar-refractivity contribution in [2.45, 2.75) is 289 Å². The lowest BCUT2D eigenvalue weighted by molar-refractivity contribution is -0.317. The largest absolute Gasteiger partial charge is 0.409 e. The van der Waals surface area contributed by atoms with Gasteiger partial charge in [0.15, 0.2) is 37.5 Å². The molecule has 7 aliphatic rings. The van der Waals surface area contributed by atoms with Crippen LogP contribution in [0.3, 0.4) is 0 Å². The van der Waals surface area contributed by atoms with Gasteiger partial charge in [0.2, 0.25) is 0 Å². The molecule has 0 aromatic rings. The molecule has 0 radical (unpaired) electrons. The Morgan fingerprint density at radius 2 is 1.36 bits per heavy atom. The van der Waals surface area contributed by atoms with Gasteiger partial charge >= 0.3 is 0 Å². The molecule has 3 saturated heterocycles. The molecule has 7 rings (SSSR count). The Morgan fingerprint density at radius 1 is 0.775 bits per heavy atom. The number of ether oxygens (including phenoxy) is 8. The second-order valence-corrected chi connectivity index (χ2v) is 43.8. The van der Waals surface area contributed by atoms with Crippen molar-refractivity contribution in [3.8, 4) is 0 Å². The van der Waals surface area contributed by atoms with E-state index < -0.39 is 66.9 Å². The van der Waals surface area contributed by atoms with E-state index in [1.54, 1.807) is 14.2 Å². The highest BCUT2D eigenvalue weighted by Gasteiger charge is 2.63. The Hall–Kier alpha value is -1.42. The van der Waals surface area contributed by atoms with Gasteiger partial charge < -0.3 is 51.2 Å². The maximum absolute atomic E-state index is 15.8. The van der Waals surface area contributed by atoms with E-state index in [4.69, 9.17) is 51.2 Å². The van der Waals surface area contributed by atoms with E-state index in [2.05, 4.69) is 178 Å². The molecule has 15 heteroatoms. The van der Waals surface area contributed by atoms with Gasteiger partial charge in [-0.1, -0.05) is 118 Å². The third-order valence-electron chi connectivity index (χ3n) is 20.3. The van der Waals surface area contributed by atoms with Crippen molar-refractivity contribution >= 4 is 30.7 Å². The fourth-order valence-electron chi connectivity index (χ4n) is 13.7. The van der Waals surface area contributed by atoms with Gasteiger partial charge in [-0.05, 0) is 144 Å². The van der Waals surface area contributed by atoms with E-state index in [9.17, 15) is 0 Å². The molecule has 2 bridgehead atoms. The van der Waals surface area contributed by atoms with Crippen LogP contribution in [-0.2, 0) is 56.0 Å². The molecule has 0 aromatic carbocycles. The second kappa shape index (κ2) is 25.5. The van der Waals surface area contributed by atoms with E-state index >= 15 is 4.79 Å². The highest BCUT2D eigenvalue weighted by atomic mass is 28.4. The first-order valence-electron chi connectivity index (χ1n) is 31.1. The summed E-state index contributed by atoms with van der Waals surface area (Å²) in [5.74, 6) is 0.703. The fraction of sp³-hybridized carbons (Fsp3) is 0.831. The average molecular weight is 1170 g/mol. The minimum absolute atomic E-state index is 0.0354. The van der Waals surface area contributed by atoms with Crippen molar-refractivity contribution in [2.24, 2.45) is 35.5 Å². The van der Waals surface area contributed by atoms with Gasteiger partial charge in [0.1, 0.15) is 23.6 Å². The van der Waals surface area contributed by atoms with Crippen LogP contribution in [-0.4, -0.2) is 136 Å². The summed E-state index contributed by atoms with van der Waals surface area (Å²) in [4.78, 5) is 15.8. The molecule has 1 unspecified atom stereocenters. The van der Waals surface area contributed by atoms with Gasteiger partial charge in [-0.3, -0.25) is 4.79 Å². The second-order valence-electron chi connectivity index (χ2n) is 29.9. The van der Waals surface area contributed by atoms with E-state index in [-0.39, 0.29) is 82.4 Å². The smallest absolute Gasteiger partial charge is 0.193 e. The average Bonchev–Trinajstić information content (AvgIpc) is 3.70. The summed E-state index contributed by atoms with van der Waals surface area (Å²) in [6.45, 7) is 47.4. The van der Waals surface area contributed by atoms with Crippen molar-refractivity contribution < 1.29 is 56.0 Å². The quantitative estimate of drug-likeness (QED) is 0.122. The molecule has 4 aliphatic heterocycles. The topological polar surface area (TPSA) is 119 Å². The molecule has 0 amide bonds. The van der Waals surface area contributed by atoms with Crippen LogP contribution in [0.4, 0.5) is 0 Å². The Labute approximate surface area is 489 Å². The molecule has 456 valence electrons. The molecule has 1 saturated carbocycles. The summed E-state index contributed by atoms with van der Waals surface area (Å²) in [7, 11) is -3.31. The van der Waals surface area contributed by atoms with Gasteiger partial charge in [-0.15, -0.1) is 0 Å². The summed E-state index contributed by atoms with van der Waals surface area (Å²) in [6, 6.07) is 0. The van der Waals surface area contributed by atoms with Crippen LogP contribution in [0.2, 0.25) is 55.9 Å². The van der Waals surface area contributed by atoms with Crippen LogP contribution < -0.4 is 0 Å². The summed E-state index contributed by atoms with van der Waals surface area (Å²) < 4.78 is 76.4. The van der Waals surface area contributed by atoms with Crippen molar-refractivity contribution in [2.75, 3.05) is 20.8 Å². The Morgan fingerprint density at radius 3 is 1.96 bits per heavy atom. The molecule has 12 nitrogen and oxygen atoms in total. The first kappa shape index (κ1) is 66.1. The fourth-order valence-corrected chi connectivity index (χ4v) is 17.7. The number of hydrogen-bond acceptors (Lipinski definition) is 12. The normalized spacial score (nSPS) is 42.0. The molecular weight excluding hydrogens is 1060 g/mol. The molecule has 20 atom stereocenters. The van der Waals surface area contributed by atoms with E-state index in [1.165, 1.54) is 0 Å². The lowest BCUT2D eigenvalue weighted by Gasteiger charge is -2.52. The van der Waals surface area contributed by atoms with Gasteiger partial charge in [-0.25, -0.2) is 0 Å². The van der Waals surface area contributed by atoms with Crippen LogP contribution in [0.5, 0.6) is 0 Å². The number of ketones is 1. The van der Waals surface area contributed by atoms with Crippen LogP contribution in [0, 0.1) is 35.5 Å². The zero-order valence-electron chi connectivity index (χ0n) is 54.2. The number of rotatable bonds is 14. The highest BCUT2D eigenvalue weighted by Crippen LogP contribution is 2.54. The predicted octanol–water partition coefficient (Wildman–Crippen LogP) is 14.6. The van der Waals surface area contributed by atoms with Crippen molar-refractivity contribution in [1.29, 1.82) is 0 Å². The Balaban J connectivity index is 1.23. The standard InChI is InChI=1S/C65H112O12Si3/c1-24-40(2)57-43(5)30-31-64(74-57)37-47-29-28-42(4)56(72-54-35-52(67-15)59(45(7)70-54)73-55-36-53(68-16)60(46(8)71-55)76-80(22,23)63(12,13)14)41(3)26-25-27-49-39-69-61-58(75-79(20,21)62(9,10)11)44(6)32-50(51(66)34-48(33-47)38-64)65(49,61)77-78(17,18)19/h25-28,30-32,40-41,43,45-48,50,52-61H,24,29,33-39H2,1-23H3/b26-25+,42-28+,49-27+/t40?,41-,43-,45-,46-,47+,48+,50-,52-,53-,54-,55-,56-,57+,58+,59-,60-,61+,64-,65+/m0/s1/i30+2. The number of allylic oxidation sites excluding steroid dienone is 3. The summed E-state index contributed by atoms with van der Waals surface area (Å²) in [5, 5.41) is 0.0140. The monoisotopic (exact) mass is 1170 g/mol. The predicted molar refractivity (Wildman–Crippen MR) is 328 cm³/mol. The molecule has 0 N–H and O–H groups in total. The SMILES string of the molecule is CCC(C)[C@H]1O[C@@]2(C=[14CH][C@@H]1C)C[C@@H]1C/C=C(\C)[C@@H](O[C@H]3C[C@H](OC)[C@@H](O[C@H]4C[C@H](OC)[C@@H](O[Si](C)(C)C(C)(C)C)[C@H](C)O4)[C@H](C)O3)[C@@H](C)/C=C/C=C3\CO[C@@H]4[C@H](O[Si](C)(C)C(C)(C)C)C(C)=C[C@@H](C(=O)C[C@@H](C1)C2)[C@]34O[Si](C)(C)C. The van der Waals surface area contributed by atoms with Crippen molar-refractivity contribution in [3.63, 3.8) is 0 Å². The number of methoxy groups -OCH3 is 2. The highest BCUT2D eigenvalue weighted by molar-refractivity contribution is 6.74. The van der Waals surface area contributed by atoms with Crippen molar-refractivity contribution in [3.05, 3.63) is 59.3 Å². The maximum Gasteiger partial charge on any atom is 0.193 e. The molecule has 80 heavy (non-hydrogen) atoms. The van der Waals surface area contributed by atoms with Crippen LogP contribution >= 0.6 is 0 Å². The van der Waals surface area contributed by atoms with Gasteiger partial charge in [0.25, 0.3) is 0 Å². The third-order valence-corrected chi connectivity index (χ3v) is 30.2. The zero-order chi connectivity index (χ0) is 59.3. The first-order chi connectivity index (χ1) is 37.1. The third kappa shape index (κ3) is 14.5. The summed E-state index contributed by atoms with van der Waals surface area (Å²) in [5.41, 5.74) is 1.69. The van der Waals surface area contributed by atoms with E-state index in [0.717, 1.165) is 48.8 Å². The van der Waals surface area contributed by atoms with E-state index in [1.807, 2.05) is 6.92 Å². The minimum atomic E-state index is -2.38. The molecule has 4 fully saturated rings. The molecule has 1 spiro atoms. The lowest BCUT2D eigenvalue weighted by Crippen LogP contribution is -2.63. The Bertz CT molecular complexity index is 2270. The van der Waals surface area contributed by atoms with Crippen molar-refractivity contribution in [1.82, 2.24) is 0 Å². The number of hydrogen-bond donors (Lipinski definition) is 0. The first-order valence-corrected chi connectivity index (χ1v) is 40.3. The van der Waals surface area contributed by atoms with Crippen LogP contribution in [0.1, 0.15) is 148 Å². The number of carbonyl (C=O) groups excluding carboxylic acids is 1. The van der Waals surface area contributed by atoms with Gasteiger partial charge in [0.05, 0.1) is 67.0 Å².